The van der Waals surface area contributed by atoms with Crippen LogP contribution in [-0.2, 0) is 0 Å². The van der Waals surface area contributed by atoms with Crippen molar-refractivity contribution in [1.29, 1.82) is 0 Å². The van der Waals surface area contributed by atoms with Crippen LogP contribution in [0.2, 0.25) is 10.0 Å². The largest absolute Gasteiger partial charge is 0.506 e. The van der Waals surface area contributed by atoms with Gasteiger partial charge in [0.2, 0.25) is 0 Å². The van der Waals surface area contributed by atoms with Gasteiger partial charge in [-0.05, 0) is 43.3 Å². The van der Waals surface area contributed by atoms with Gasteiger partial charge in [-0.3, -0.25) is 0 Å². The quantitative estimate of drug-likeness (QED) is 0.866. The molecule has 2 aromatic rings. The number of hydrogen-bond acceptors (Lipinski definition) is 4. The first kappa shape index (κ1) is 15.1. The smallest absolute Gasteiger partial charge is 0.139 e. The lowest BCUT2D eigenvalue weighted by molar-refractivity contribution is 0.473. The Labute approximate surface area is 139 Å². The highest BCUT2D eigenvalue weighted by Gasteiger charge is 2.30. The zero-order valence-electron chi connectivity index (χ0n) is 12.0. The fraction of sp³-hybridized carbons (Fsp3) is 0.250. The first-order valence-corrected chi connectivity index (χ1v) is 7.70. The first-order chi connectivity index (χ1) is 10.5. The molecule has 0 aromatic heterocycles. The van der Waals surface area contributed by atoms with Gasteiger partial charge >= 0.3 is 0 Å². The van der Waals surface area contributed by atoms with Gasteiger partial charge < -0.3 is 20.0 Å². The summed E-state index contributed by atoms with van der Waals surface area (Å²) in [7, 11) is 0. The molecule has 0 amide bonds. The van der Waals surface area contributed by atoms with E-state index in [1.165, 1.54) is 0 Å². The lowest BCUT2D eigenvalue weighted by Gasteiger charge is -2.24. The number of nitrogens with zero attached hydrogens (tertiary/aromatic N) is 2. The van der Waals surface area contributed by atoms with Crippen molar-refractivity contribution >= 4 is 34.6 Å². The third kappa shape index (κ3) is 2.76. The van der Waals surface area contributed by atoms with E-state index in [4.69, 9.17) is 23.2 Å². The van der Waals surface area contributed by atoms with Crippen molar-refractivity contribution in [3.63, 3.8) is 0 Å². The average Bonchev–Trinajstić information content (AvgIpc) is 2.86. The minimum Gasteiger partial charge on any atom is -0.506 e. The summed E-state index contributed by atoms with van der Waals surface area (Å²) < 4.78 is 0. The summed E-state index contributed by atoms with van der Waals surface area (Å²) in [4.78, 5) is 4.06. The Bertz CT molecular complexity index is 709. The Morgan fingerprint density at radius 2 is 1.50 bits per heavy atom. The lowest BCUT2D eigenvalue weighted by atomic mass is 10.2. The van der Waals surface area contributed by atoms with Crippen LogP contribution in [0.25, 0.3) is 0 Å². The second kappa shape index (κ2) is 5.78. The minimum atomic E-state index is 0.155. The van der Waals surface area contributed by atoms with E-state index in [0.29, 0.717) is 34.6 Å². The van der Waals surface area contributed by atoms with Gasteiger partial charge in [-0.15, -0.1) is 0 Å². The highest BCUT2D eigenvalue weighted by atomic mass is 35.5. The Morgan fingerprint density at radius 3 is 2.14 bits per heavy atom. The molecule has 1 heterocycles. The maximum Gasteiger partial charge on any atom is 0.139 e. The average molecular weight is 339 g/mol. The number of rotatable bonds is 2. The summed E-state index contributed by atoms with van der Waals surface area (Å²) in [6.45, 7) is 3.30. The van der Waals surface area contributed by atoms with Crippen LogP contribution in [-0.4, -0.2) is 29.5 Å². The van der Waals surface area contributed by atoms with Crippen LogP contribution >= 0.6 is 23.2 Å². The fourth-order valence-corrected chi connectivity index (χ4v) is 3.10. The molecule has 1 aliphatic heterocycles. The summed E-state index contributed by atoms with van der Waals surface area (Å²) in [6.07, 6.45) is 0. The van der Waals surface area contributed by atoms with Gasteiger partial charge in [0, 0.05) is 22.6 Å². The van der Waals surface area contributed by atoms with Gasteiger partial charge in [-0.1, -0.05) is 23.2 Å². The van der Waals surface area contributed by atoms with E-state index in [-0.39, 0.29) is 17.5 Å². The lowest BCUT2D eigenvalue weighted by Crippen LogP contribution is -2.28. The molecule has 2 aromatic carbocycles. The zero-order chi connectivity index (χ0) is 15.9. The molecule has 6 heteroatoms. The molecule has 1 aliphatic rings. The van der Waals surface area contributed by atoms with E-state index < -0.39 is 0 Å². The predicted octanol–water partition coefficient (Wildman–Crippen LogP) is 4.08. The monoisotopic (exact) mass is 338 g/mol. The number of anilines is 2. The molecule has 116 valence electrons. The van der Waals surface area contributed by atoms with Crippen LogP contribution < -0.4 is 9.80 Å². The number of benzene rings is 2. The fourth-order valence-electron chi connectivity index (χ4n) is 2.76. The molecular formula is C16H16Cl2N2O2. The van der Waals surface area contributed by atoms with Gasteiger partial charge in [-0.2, -0.15) is 0 Å². The van der Waals surface area contributed by atoms with E-state index >= 15 is 0 Å². The van der Waals surface area contributed by atoms with Crippen molar-refractivity contribution in [3.05, 3.63) is 46.4 Å². The van der Waals surface area contributed by atoms with Crippen molar-refractivity contribution < 1.29 is 10.2 Å². The van der Waals surface area contributed by atoms with E-state index in [1.54, 1.807) is 36.4 Å². The molecule has 2 N–H and O–H groups in total. The predicted molar refractivity (Wildman–Crippen MR) is 90.4 cm³/mol. The van der Waals surface area contributed by atoms with Gasteiger partial charge in [-0.25, -0.2) is 0 Å². The second-order valence-electron chi connectivity index (χ2n) is 5.45. The van der Waals surface area contributed by atoms with Crippen LogP contribution in [0.1, 0.15) is 6.92 Å². The Kier molecular flexibility index (Phi) is 3.98. The van der Waals surface area contributed by atoms with Crippen molar-refractivity contribution in [1.82, 2.24) is 0 Å². The topological polar surface area (TPSA) is 46.9 Å². The highest BCUT2D eigenvalue weighted by molar-refractivity contribution is 6.31. The number of phenolic OH excluding ortho intramolecular Hbond substituents is 2. The zero-order valence-corrected chi connectivity index (χ0v) is 13.5. The van der Waals surface area contributed by atoms with Crippen LogP contribution in [0.3, 0.4) is 0 Å². The van der Waals surface area contributed by atoms with E-state index in [9.17, 15) is 10.2 Å². The summed E-state index contributed by atoms with van der Waals surface area (Å²) >= 11 is 12.1. The number of halogens is 2. The number of phenols is 2. The first-order valence-electron chi connectivity index (χ1n) is 6.94. The maximum atomic E-state index is 10.1. The normalized spacial score (nSPS) is 18.0. The van der Waals surface area contributed by atoms with Crippen molar-refractivity contribution in [2.45, 2.75) is 13.0 Å². The third-order valence-corrected chi connectivity index (χ3v) is 4.33. The summed E-state index contributed by atoms with van der Waals surface area (Å²) in [5, 5.41) is 21.3. The van der Waals surface area contributed by atoms with Crippen LogP contribution in [0, 0.1) is 0 Å². The molecule has 1 saturated heterocycles. The molecule has 4 nitrogen and oxygen atoms in total. The van der Waals surface area contributed by atoms with Crippen LogP contribution in [0.5, 0.6) is 11.5 Å². The molecule has 1 fully saturated rings. The molecule has 0 aliphatic carbocycles. The molecule has 22 heavy (non-hydrogen) atoms. The third-order valence-electron chi connectivity index (χ3n) is 3.86. The number of hydrogen-bond donors (Lipinski definition) is 2. The van der Waals surface area contributed by atoms with E-state index in [0.717, 1.165) is 0 Å². The Balaban J connectivity index is 1.91. The van der Waals surface area contributed by atoms with E-state index in [1.807, 2.05) is 9.80 Å². The molecule has 1 unspecified atom stereocenters. The second-order valence-corrected chi connectivity index (χ2v) is 6.32. The molecular weight excluding hydrogens is 323 g/mol. The van der Waals surface area contributed by atoms with Gasteiger partial charge in [0.25, 0.3) is 0 Å². The molecule has 0 saturated carbocycles. The molecule has 0 radical (unpaired) electrons. The van der Waals surface area contributed by atoms with Gasteiger partial charge in [0.1, 0.15) is 11.5 Å². The molecule has 0 spiro atoms. The summed E-state index contributed by atoms with van der Waals surface area (Å²) in [6, 6.07) is 10.1. The van der Waals surface area contributed by atoms with E-state index in [2.05, 4.69) is 6.92 Å². The molecule has 3 rings (SSSR count). The Morgan fingerprint density at radius 1 is 0.955 bits per heavy atom. The standard InChI is InChI=1S/C16H16Cl2N2O2/c1-10-8-19(13-6-11(17)2-4-15(13)21)9-20(10)14-7-12(18)3-5-16(14)22/h2-7,10,21-22H,8-9H2,1H3. The highest BCUT2D eigenvalue weighted by Crippen LogP contribution is 2.37. The summed E-state index contributed by atoms with van der Waals surface area (Å²) in [5.74, 6) is 0.377. The Hall–Kier alpha value is -1.78. The maximum absolute atomic E-state index is 10.1. The molecule has 0 bridgehead atoms. The van der Waals surface area contributed by atoms with Crippen LogP contribution in [0.15, 0.2) is 36.4 Å². The van der Waals surface area contributed by atoms with Gasteiger partial charge in [0.05, 0.1) is 18.0 Å². The van der Waals surface area contributed by atoms with Crippen molar-refractivity contribution in [2.75, 3.05) is 23.0 Å². The van der Waals surface area contributed by atoms with Crippen molar-refractivity contribution in [2.24, 2.45) is 0 Å². The minimum absolute atomic E-state index is 0.155. The SMILES string of the molecule is CC1CN(c2cc(Cl)ccc2O)CN1c1cc(Cl)ccc1O. The number of aromatic hydroxyl groups is 2. The summed E-state index contributed by atoms with van der Waals surface area (Å²) in [5.41, 5.74) is 1.37. The van der Waals surface area contributed by atoms with Crippen molar-refractivity contribution in [3.8, 4) is 11.5 Å². The van der Waals surface area contributed by atoms with Gasteiger partial charge in [0.15, 0.2) is 0 Å². The van der Waals surface area contributed by atoms with Crippen LogP contribution in [0.4, 0.5) is 11.4 Å². The molecule has 1 atom stereocenters.